The van der Waals surface area contributed by atoms with E-state index < -0.39 is 17.6 Å². The highest BCUT2D eigenvalue weighted by atomic mass is 19.4. The third-order valence-corrected chi connectivity index (χ3v) is 4.13. The van der Waals surface area contributed by atoms with E-state index in [9.17, 15) is 22.8 Å². The Morgan fingerprint density at radius 1 is 0.920 bits per heavy atom. The Labute approximate surface area is 142 Å². The summed E-state index contributed by atoms with van der Waals surface area (Å²) in [6, 6.07) is 13.2. The normalized spacial score (nSPS) is 19.2. The van der Waals surface area contributed by atoms with Crippen molar-refractivity contribution in [3.05, 3.63) is 71.3 Å². The first-order chi connectivity index (χ1) is 11.9. The lowest BCUT2D eigenvalue weighted by Crippen LogP contribution is -2.42. The highest BCUT2D eigenvalue weighted by molar-refractivity contribution is 5.95. The lowest BCUT2D eigenvalue weighted by molar-refractivity contribution is -0.137. The maximum atomic E-state index is 12.6. The van der Waals surface area contributed by atoms with Crippen LogP contribution in [-0.4, -0.2) is 11.8 Å². The predicted molar refractivity (Wildman–Crippen MR) is 84.3 cm³/mol. The highest BCUT2D eigenvalue weighted by Crippen LogP contribution is 2.47. The van der Waals surface area contributed by atoms with Gasteiger partial charge in [-0.25, -0.2) is 0 Å². The molecular weight excluding hydrogens is 333 g/mol. The molecular formula is C18H15F3N2O2. The van der Waals surface area contributed by atoms with E-state index in [2.05, 4.69) is 10.9 Å². The van der Waals surface area contributed by atoms with Crippen molar-refractivity contribution in [1.82, 2.24) is 10.9 Å². The molecule has 0 saturated heterocycles. The Hall–Kier alpha value is -2.83. The van der Waals surface area contributed by atoms with Gasteiger partial charge in [-0.15, -0.1) is 0 Å². The van der Waals surface area contributed by atoms with Gasteiger partial charge >= 0.3 is 6.18 Å². The number of hydrazine groups is 1. The van der Waals surface area contributed by atoms with Crippen LogP contribution in [-0.2, 0) is 11.0 Å². The first-order valence-electron chi connectivity index (χ1n) is 7.68. The van der Waals surface area contributed by atoms with Gasteiger partial charge in [0.05, 0.1) is 5.56 Å². The van der Waals surface area contributed by atoms with Crippen LogP contribution in [0.25, 0.3) is 0 Å². The van der Waals surface area contributed by atoms with Crippen molar-refractivity contribution in [3.8, 4) is 0 Å². The Morgan fingerprint density at radius 2 is 1.56 bits per heavy atom. The molecule has 0 aliphatic heterocycles. The van der Waals surface area contributed by atoms with Crippen LogP contribution in [0.4, 0.5) is 13.2 Å². The van der Waals surface area contributed by atoms with Crippen molar-refractivity contribution >= 4 is 11.8 Å². The Balaban J connectivity index is 1.53. The van der Waals surface area contributed by atoms with Gasteiger partial charge < -0.3 is 0 Å². The van der Waals surface area contributed by atoms with E-state index in [1.54, 1.807) is 30.3 Å². The molecule has 3 rings (SSSR count). The number of rotatable bonds is 3. The fraction of sp³-hybridized carbons (Fsp3) is 0.222. The summed E-state index contributed by atoms with van der Waals surface area (Å²) in [5.41, 5.74) is 5.08. The molecule has 25 heavy (non-hydrogen) atoms. The molecule has 7 heteroatoms. The van der Waals surface area contributed by atoms with Crippen LogP contribution in [0.1, 0.15) is 33.8 Å². The summed E-state index contributed by atoms with van der Waals surface area (Å²) in [6.45, 7) is 0. The van der Waals surface area contributed by atoms with Crippen LogP contribution >= 0.6 is 0 Å². The Morgan fingerprint density at radius 3 is 2.16 bits per heavy atom. The first kappa shape index (κ1) is 17.0. The van der Waals surface area contributed by atoms with Gasteiger partial charge in [-0.1, -0.05) is 30.3 Å². The summed E-state index contributed by atoms with van der Waals surface area (Å²) >= 11 is 0. The van der Waals surface area contributed by atoms with E-state index in [1.807, 2.05) is 0 Å². The number of carbonyl (C=O) groups excluding carboxylic acids is 2. The summed E-state index contributed by atoms with van der Waals surface area (Å²) in [5, 5.41) is 0. The van der Waals surface area contributed by atoms with Crippen LogP contribution in [0.2, 0.25) is 0 Å². The number of hydrogen-bond donors (Lipinski definition) is 2. The number of alkyl halides is 3. The summed E-state index contributed by atoms with van der Waals surface area (Å²) in [7, 11) is 0. The fourth-order valence-corrected chi connectivity index (χ4v) is 2.65. The molecule has 2 amide bonds. The van der Waals surface area contributed by atoms with E-state index in [4.69, 9.17) is 0 Å². The second-order valence-electron chi connectivity index (χ2n) is 5.88. The Bertz CT molecular complexity index is 773. The highest BCUT2D eigenvalue weighted by Gasteiger charge is 2.44. The van der Waals surface area contributed by atoms with Gasteiger partial charge in [-0.2, -0.15) is 13.2 Å². The average Bonchev–Trinajstić information content (AvgIpc) is 3.40. The van der Waals surface area contributed by atoms with Crippen LogP contribution in [0, 0.1) is 5.92 Å². The number of nitrogens with one attached hydrogen (secondary N) is 2. The van der Waals surface area contributed by atoms with E-state index >= 15 is 0 Å². The minimum atomic E-state index is -4.37. The molecule has 2 N–H and O–H groups in total. The standard InChI is InChI=1S/C18H15F3N2O2/c19-18(20,21)13-8-6-11(7-9-13)14-10-15(14)17(25)23-22-16(24)12-4-2-1-3-5-12/h1-9,14-15H,10H2,(H,22,24)(H,23,25). The van der Waals surface area contributed by atoms with Gasteiger partial charge in [0.25, 0.3) is 5.91 Å². The number of amides is 2. The second-order valence-corrected chi connectivity index (χ2v) is 5.88. The third-order valence-electron chi connectivity index (χ3n) is 4.13. The van der Waals surface area contributed by atoms with Crippen molar-refractivity contribution in [3.63, 3.8) is 0 Å². The molecule has 0 bridgehead atoms. The molecule has 130 valence electrons. The van der Waals surface area contributed by atoms with Crippen molar-refractivity contribution in [2.24, 2.45) is 5.92 Å². The molecule has 1 aliphatic rings. The van der Waals surface area contributed by atoms with Crippen molar-refractivity contribution in [1.29, 1.82) is 0 Å². The molecule has 4 nitrogen and oxygen atoms in total. The molecule has 0 spiro atoms. The van der Waals surface area contributed by atoms with Crippen molar-refractivity contribution in [2.45, 2.75) is 18.5 Å². The largest absolute Gasteiger partial charge is 0.416 e. The van der Waals surface area contributed by atoms with Crippen LogP contribution in [0.15, 0.2) is 54.6 Å². The van der Waals surface area contributed by atoms with Gasteiger partial charge in [0.1, 0.15) is 0 Å². The zero-order valence-electron chi connectivity index (χ0n) is 13.0. The number of halogens is 3. The zero-order chi connectivity index (χ0) is 18.0. The maximum Gasteiger partial charge on any atom is 0.416 e. The van der Waals surface area contributed by atoms with E-state index in [1.165, 1.54) is 12.1 Å². The molecule has 2 aromatic rings. The summed E-state index contributed by atoms with van der Waals surface area (Å²) in [6.07, 6.45) is -3.83. The SMILES string of the molecule is O=C(NNC(=O)C1CC1c1ccc(C(F)(F)F)cc1)c1ccccc1. The van der Waals surface area contributed by atoms with Crippen molar-refractivity contribution < 1.29 is 22.8 Å². The van der Waals surface area contributed by atoms with E-state index in [-0.39, 0.29) is 17.7 Å². The fourth-order valence-electron chi connectivity index (χ4n) is 2.65. The van der Waals surface area contributed by atoms with Gasteiger partial charge in [-0.3, -0.25) is 20.4 Å². The minimum Gasteiger partial charge on any atom is -0.273 e. The quantitative estimate of drug-likeness (QED) is 0.837. The monoisotopic (exact) mass is 348 g/mol. The van der Waals surface area contributed by atoms with Crippen LogP contribution in [0.5, 0.6) is 0 Å². The number of hydrogen-bond acceptors (Lipinski definition) is 2. The smallest absolute Gasteiger partial charge is 0.273 e. The molecule has 1 saturated carbocycles. The van der Waals surface area contributed by atoms with Gasteiger partial charge in [0.2, 0.25) is 5.91 Å². The molecule has 2 unspecified atom stereocenters. The Kier molecular flexibility index (Phi) is 4.48. The minimum absolute atomic E-state index is 0.129. The van der Waals surface area contributed by atoms with E-state index in [0.29, 0.717) is 17.5 Å². The second kappa shape index (κ2) is 6.58. The first-order valence-corrected chi connectivity index (χ1v) is 7.68. The third kappa shape index (κ3) is 3.99. The summed E-state index contributed by atoms with van der Waals surface area (Å²) < 4.78 is 37.7. The van der Waals surface area contributed by atoms with Gasteiger partial charge in [0.15, 0.2) is 0 Å². The topological polar surface area (TPSA) is 58.2 Å². The molecule has 0 radical (unpaired) electrons. The zero-order valence-corrected chi connectivity index (χ0v) is 13.0. The molecule has 0 aromatic heterocycles. The molecule has 1 fully saturated rings. The molecule has 2 aromatic carbocycles. The number of benzene rings is 2. The lowest BCUT2D eigenvalue weighted by atomic mass is 10.1. The van der Waals surface area contributed by atoms with Crippen LogP contribution < -0.4 is 10.9 Å². The van der Waals surface area contributed by atoms with Crippen LogP contribution in [0.3, 0.4) is 0 Å². The van der Waals surface area contributed by atoms with Crippen molar-refractivity contribution in [2.75, 3.05) is 0 Å². The molecule has 1 aliphatic carbocycles. The lowest BCUT2D eigenvalue weighted by Gasteiger charge is -2.08. The predicted octanol–water partition coefficient (Wildman–Crippen LogP) is 3.27. The van der Waals surface area contributed by atoms with Gasteiger partial charge in [0, 0.05) is 11.5 Å². The van der Waals surface area contributed by atoms with Gasteiger partial charge in [-0.05, 0) is 42.2 Å². The molecule has 2 atom stereocenters. The summed E-state index contributed by atoms with van der Waals surface area (Å²) in [5.74, 6) is -1.27. The maximum absolute atomic E-state index is 12.6. The summed E-state index contributed by atoms with van der Waals surface area (Å²) in [4.78, 5) is 23.9. The van der Waals surface area contributed by atoms with E-state index in [0.717, 1.165) is 12.1 Å². The average molecular weight is 348 g/mol. The molecule has 0 heterocycles. The number of carbonyl (C=O) groups is 2.